The normalized spacial score (nSPS) is 35.5. The molecule has 0 heteroatoms. The first-order valence-electron chi connectivity index (χ1n) is 8.31. The maximum atomic E-state index is 2.49. The summed E-state index contributed by atoms with van der Waals surface area (Å²) in [5.74, 6) is 3.52. The third kappa shape index (κ3) is 2.03. The lowest BCUT2D eigenvalue weighted by Crippen LogP contribution is -2.32. The Bertz CT molecular complexity index is 499. The van der Waals surface area contributed by atoms with Crippen LogP contribution in [0.2, 0.25) is 0 Å². The van der Waals surface area contributed by atoms with Crippen molar-refractivity contribution in [3.8, 4) is 0 Å². The first-order valence-corrected chi connectivity index (χ1v) is 8.31. The third-order valence-corrected chi connectivity index (χ3v) is 6.66. The van der Waals surface area contributed by atoms with Crippen molar-refractivity contribution in [2.45, 2.75) is 65.7 Å². The molecule has 0 aliphatic heterocycles. The van der Waals surface area contributed by atoms with Crippen LogP contribution in [0.3, 0.4) is 0 Å². The van der Waals surface area contributed by atoms with Gasteiger partial charge in [-0.3, -0.25) is 0 Å². The van der Waals surface area contributed by atoms with Crippen molar-refractivity contribution in [1.82, 2.24) is 0 Å². The molecule has 110 valence electrons. The van der Waals surface area contributed by atoms with Crippen LogP contribution < -0.4 is 0 Å². The van der Waals surface area contributed by atoms with E-state index in [1.54, 1.807) is 5.56 Å². The Morgan fingerprint density at radius 1 is 1.10 bits per heavy atom. The Balaban J connectivity index is 1.90. The van der Waals surface area contributed by atoms with Crippen LogP contribution in [0.25, 0.3) is 0 Å². The molecule has 20 heavy (non-hydrogen) atoms. The Morgan fingerprint density at radius 3 is 2.35 bits per heavy atom. The van der Waals surface area contributed by atoms with Crippen LogP contribution in [0, 0.1) is 23.2 Å². The fraction of sp³-hybridized carbons (Fsp3) is 0.700. The number of rotatable bonds is 1. The molecule has 0 radical (unpaired) electrons. The lowest BCUT2D eigenvalue weighted by atomic mass is 9.65. The van der Waals surface area contributed by atoms with Crippen molar-refractivity contribution < 1.29 is 0 Å². The highest BCUT2D eigenvalue weighted by Gasteiger charge is 2.55. The molecule has 4 unspecified atom stereocenters. The fourth-order valence-electron chi connectivity index (χ4n) is 4.77. The summed E-state index contributed by atoms with van der Waals surface area (Å²) in [5, 5.41) is 0. The second kappa shape index (κ2) is 4.36. The van der Waals surface area contributed by atoms with Gasteiger partial charge in [-0.25, -0.2) is 0 Å². The second-order valence-corrected chi connectivity index (χ2v) is 8.92. The van der Waals surface area contributed by atoms with Crippen LogP contribution in [-0.4, -0.2) is 0 Å². The van der Waals surface area contributed by atoms with Gasteiger partial charge >= 0.3 is 0 Å². The third-order valence-electron chi connectivity index (χ3n) is 6.66. The lowest BCUT2D eigenvalue weighted by Gasteiger charge is -2.40. The van der Waals surface area contributed by atoms with Gasteiger partial charge in [0.25, 0.3) is 0 Å². The molecule has 2 bridgehead atoms. The summed E-state index contributed by atoms with van der Waals surface area (Å²) < 4.78 is 0. The molecular formula is C20H30. The molecule has 2 aliphatic carbocycles. The van der Waals surface area contributed by atoms with E-state index in [4.69, 9.17) is 0 Å². The zero-order valence-electron chi connectivity index (χ0n) is 14.0. The zero-order valence-corrected chi connectivity index (χ0v) is 14.0. The Kier molecular flexibility index (Phi) is 3.09. The molecule has 0 N–H and O–H groups in total. The van der Waals surface area contributed by atoms with E-state index >= 15 is 0 Å². The Morgan fingerprint density at radius 2 is 1.80 bits per heavy atom. The average Bonchev–Trinajstić information content (AvgIpc) is 2.89. The minimum atomic E-state index is 0.262. The number of fused-ring (bicyclic) bond motifs is 2. The Hall–Kier alpha value is -0.780. The minimum Gasteiger partial charge on any atom is -0.0617 e. The lowest BCUT2D eigenvalue weighted by molar-refractivity contribution is 0.122. The van der Waals surface area contributed by atoms with Gasteiger partial charge in [0.05, 0.1) is 0 Å². The summed E-state index contributed by atoms with van der Waals surface area (Å²) >= 11 is 0. The van der Waals surface area contributed by atoms with Crippen molar-refractivity contribution in [3.63, 3.8) is 0 Å². The summed E-state index contributed by atoms with van der Waals surface area (Å²) in [6.45, 7) is 14.4. The molecule has 0 spiro atoms. The maximum Gasteiger partial charge on any atom is -0.0128 e. The summed E-state index contributed by atoms with van der Waals surface area (Å²) in [6.07, 6.45) is 2.87. The van der Waals surface area contributed by atoms with E-state index in [0.717, 1.165) is 23.7 Å². The van der Waals surface area contributed by atoms with E-state index in [0.29, 0.717) is 5.41 Å². The summed E-state index contributed by atoms with van der Waals surface area (Å²) in [6, 6.07) is 9.44. The van der Waals surface area contributed by atoms with Crippen molar-refractivity contribution in [3.05, 3.63) is 35.4 Å². The van der Waals surface area contributed by atoms with E-state index < -0.39 is 0 Å². The van der Waals surface area contributed by atoms with Gasteiger partial charge in [-0.1, -0.05) is 65.8 Å². The molecule has 2 aliphatic rings. The van der Waals surface area contributed by atoms with Crippen molar-refractivity contribution in [2.24, 2.45) is 23.2 Å². The fourth-order valence-corrected chi connectivity index (χ4v) is 4.77. The quantitative estimate of drug-likeness (QED) is 0.607. The zero-order chi connectivity index (χ0) is 14.7. The van der Waals surface area contributed by atoms with Crippen LogP contribution >= 0.6 is 0 Å². The van der Waals surface area contributed by atoms with Gasteiger partial charge in [-0.15, -0.1) is 0 Å². The van der Waals surface area contributed by atoms with Gasteiger partial charge in [0.1, 0.15) is 0 Å². The van der Waals surface area contributed by atoms with E-state index in [1.165, 1.54) is 18.4 Å². The monoisotopic (exact) mass is 270 g/mol. The second-order valence-electron chi connectivity index (χ2n) is 8.92. The van der Waals surface area contributed by atoms with Gasteiger partial charge in [0.15, 0.2) is 0 Å². The van der Waals surface area contributed by atoms with Gasteiger partial charge < -0.3 is 0 Å². The predicted octanol–water partition coefficient (Wildman–Crippen LogP) is 5.77. The maximum absolute atomic E-state index is 2.49. The van der Waals surface area contributed by atoms with Crippen molar-refractivity contribution in [2.75, 3.05) is 0 Å². The van der Waals surface area contributed by atoms with E-state index in [2.05, 4.69) is 65.8 Å². The smallest absolute Gasteiger partial charge is 0.0128 e. The van der Waals surface area contributed by atoms with Crippen LogP contribution in [0.1, 0.15) is 71.4 Å². The molecule has 2 fully saturated rings. The molecule has 1 aromatic carbocycles. The van der Waals surface area contributed by atoms with E-state index in [-0.39, 0.29) is 5.41 Å². The number of hydrogen-bond donors (Lipinski definition) is 0. The molecular weight excluding hydrogens is 240 g/mol. The first-order chi connectivity index (χ1) is 9.21. The SMILES string of the molecule is CC1C2CC(CC2c2cccc(C(C)(C)C)c2)C1(C)C. The Labute approximate surface area is 125 Å². The van der Waals surface area contributed by atoms with E-state index in [1.807, 2.05) is 0 Å². The topological polar surface area (TPSA) is 0 Å². The summed E-state index contributed by atoms with van der Waals surface area (Å²) in [4.78, 5) is 0. The first kappa shape index (κ1) is 14.2. The van der Waals surface area contributed by atoms with Crippen LogP contribution in [-0.2, 0) is 5.41 Å². The van der Waals surface area contributed by atoms with E-state index in [9.17, 15) is 0 Å². The van der Waals surface area contributed by atoms with Crippen molar-refractivity contribution in [1.29, 1.82) is 0 Å². The van der Waals surface area contributed by atoms with Gasteiger partial charge in [0.2, 0.25) is 0 Å². The molecule has 1 aromatic rings. The minimum absolute atomic E-state index is 0.262. The number of hydrogen-bond acceptors (Lipinski definition) is 0. The number of benzene rings is 1. The highest BCUT2D eigenvalue weighted by molar-refractivity contribution is 5.33. The molecule has 3 rings (SSSR count). The highest BCUT2D eigenvalue weighted by atomic mass is 14.6. The standard InChI is InChI=1S/C20H30/c1-13-17-11-16(20(13,5)6)12-18(17)14-8-7-9-15(10-14)19(2,3)4/h7-10,13,16-18H,11-12H2,1-6H3. The highest BCUT2D eigenvalue weighted by Crippen LogP contribution is 2.64. The molecule has 0 aromatic heterocycles. The molecule has 0 nitrogen and oxygen atoms in total. The average molecular weight is 270 g/mol. The molecule has 0 saturated heterocycles. The van der Waals surface area contributed by atoms with Crippen molar-refractivity contribution >= 4 is 0 Å². The van der Waals surface area contributed by atoms with Gasteiger partial charge in [0, 0.05) is 0 Å². The molecule has 0 heterocycles. The summed E-state index contributed by atoms with van der Waals surface area (Å²) in [7, 11) is 0. The molecule has 2 saturated carbocycles. The van der Waals surface area contributed by atoms with Crippen LogP contribution in [0.4, 0.5) is 0 Å². The van der Waals surface area contributed by atoms with Gasteiger partial charge in [-0.05, 0) is 58.5 Å². The largest absolute Gasteiger partial charge is 0.0617 e. The predicted molar refractivity (Wildman–Crippen MR) is 87.0 cm³/mol. The summed E-state index contributed by atoms with van der Waals surface area (Å²) in [5.41, 5.74) is 3.92. The van der Waals surface area contributed by atoms with Crippen LogP contribution in [0.15, 0.2) is 24.3 Å². The van der Waals surface area contributed by atoms with Crippen LogP contribution in [0.5, 0.6) is 0 Å². The molecule has 4 atom stereocenters. The van der Waals surface area contributed by atoms with Gasteiger partial charge in [-0.2, -0.15) is 0 Å². The molecule has 0 amide bonds.